The van der Waals surface area contributed by atoms with Gasteiger partial charge in [-0.1, -0.05) is 12.1 Å². The van der Waals surface area contributed by atoms with Crippen LogP contribution in [0.25, 0.3) is 20.2 Å². The van der Waals surface area contributed by atoms with E-state index in [1.54, 1.807) is 17.4 Å². The number of benzene rings is 2. The second kappa shape index (κ2) is 6.51. The first-order valence-electron chi connectivity index (χ1n) is 7.90. The van der Waals surface area contributed by atoms with Crippen LogP contribution in [0.4, 0.5) is 0 Å². The number of aliphatic hydroxyl groups is 1. The number of likely N-dealkylation sites (N-methyl/N-ethyl adjacent to an activating group) is 1. The summed E-state index contributed by atoms with van der Waals surface area (Å²) in [6.07, 6.45) is -0.531. The van der Waals surface area contributed by atoms with Gasteiger partial charge in [-0.2, -0.15) is 0 Å². The van der Waals surface area contributed by atoms with Gasteiger partial charge in [-0.3, -0.25) is 4.79 Å². The molecule has 0 aliphatic carbocycles. The SMILES string of the molecule is C[N+](C)(C)CC(O)COc1ccc2c(=O)c3ccccc3sc2c1. The smallest absolute Gasteiger partial charge is 0.195 e. The molecule has 2 aromatic carbocycles. The maximum Gasteiger partial charge on any atom is 0.195 e. The molecule has 1 aromatic heterocycles. The fraction of sp³-hybridized carbons (Fsp3) is 0.316. The van der Waals surface area contributed by atoms with Crippen LogP contribution in [-0.2, 0) is 0 Å². The van der Waals surface area contributed by atoms with Crippen LogP contribution in [0.3, 0.4) is 0 Å². The third kappa shape index (κ3) is 3.75. The minimum Gasteiger partial charge on any atom is -0.491 e. The minimum absolute atomic E-state index is 0.0518. The van der Waals surface area contributed by atoms with E-state index in [-0.39, 0.29) is 12.0 Å². The number of fused-ring (bicyclic) bond motifs is 2. The van der Waals surface area contributed by atoms with Gasteiger partial charge >= 0.3 is 0 Å². The summed E-state index contributed by atoms with van der Waals surface area (Å²) in [5.41, 5.74) is 0.0518. The average molecular weight is 344 g/mol. The zero-order chi connectivity index (χ0) is 17.3. The van der Waals surface area contributed by atoms with Gasteiger partial charge in [0.05, 0.1) is 21.1 Å². The van der Waals surface area contributed by atoms with Crippen LogP contribution in [0.15, 0.2) is 47.3 Å². The van der Waals surface area contributed by atoms with Crippen LogP contribution >= 0.6 is 11.3 Å². The molecule has 4 nitrogen and oxygen atoms in total. The summed E-state index contributed by atoms with van der Waals surface area (Å²) in [4.78, 5) is 12.5. The molecule has 0 aliphatic heterocycles. The monoisotopic (exact) mass is 344 g/mol. The summed E-state index contributed by atoms with van der Waals surface area (Å²) in [7, 11) is 6.09. The normalized spacial score (nSPS) is 13.3. The van der Waals surface area contributed by atoms with Gasteiger partial charge in [0.25, 0.3) is 0 Å². The van der Waals surface area contributed by atoms with Gasteiger partial charge in [-0.15, -0.1) is 11.3 Å². The quantitative estimate of drug-likeness (QED) is 0.572. The molecule has 5 heteroatoms. The third-order valence-corrected chi connectivity index (χ3v) is 4.88. The van der Waals surface area contributed by atoms with Crippen LogP contribution in [-0.4, -0.2) is 50.0 Å². The molecule has 0 saturated carbocycles. The number of hydrogen-bond acceptors (Lipinski definition) is 4. The zero-order valence-electron chi connectivity index (χ0n) is 14.2. The number of quaternary nitrogens is 1. The highest BCUT2D eigenvalue weighted by Crippen LogP contribution is 2.27. The lowest BCUT2D eigenvalue weighted by Crippen LogP contribution is -2.43. The molecule has 0 fully saturated rings. The van der Waals surface area contributed by atoms with Crippen molar-refractivity contribution in [2.45, 2.75) is 6.10 Å². The predicted octanol–water partition coefficient (Wildman–Crippen LogP) is 2.86. The van der Waals surface area contributed by atoms with E-state index < -0.39 is 6.10 Å². The Morgan fingerprint density at radius 1 is 1.08 bits per heavy atom. The molecule has 126 valence electrons. The summed E-state index contributed by atoms with van der Waals surface area (Å²) < 4.78 is 8.26. The standard InChI is InChI=1S/C19H22NO3S/c1-20(2,3)11-13(21)12-23-14-8-9-16-18(10-14)24-17-7-5-4-6-15(17)19(16)22/h4-10,13,21H,11-12H2,1-3H3/q+1. The molecule has 0 bridgehead atoms. The van der Waals surface area contributed by atoms with Gasteiger partial charge in [0.15, 0.2) is 5.43 Å². The fourth-order valence-corrected chi connectivity index (χ4v) is 3.85. The van der Waals surface area contributed by atoms with Gasteiger partial charge < -0.3 is 14.3 Å². The summed E-state index contributed by atoms with van der Waals surface area (Å²) in [5.74, 6) is 0.675. The molecule has 0 amide bonds. The largest absolute Gasteiger partial charge is 0.491 e. The molecule has 3 rings (SSSR count). The van der Waals surface area contributed by atoms with Crippen molar-refractivity contribution in [3.05, 3.63) is 52.7 Å². The Kier molecular flexibility index (Phi) is 4.58. The van der Waals surface area contributed by atoms with Crippen LogP contribution in [0.1, 0.15) is 0 Å². The zero-order valence-corrected chi connectivity index (χ0v) is 15.0. The van der Waals surface area contributed by atoms with E-state index in [9.17, 15) is 9.90 Å². The first-order chi connectivity index (χ1) is 11.3. The number of ether oxygens (including phenoxy) is 1. The minimum atomic E-state index is -0.531. The predicted molar refractivity (Wildman–Crippen MR) is 100 cm³/mol. The lowest BCUT2D eigenvalue weighted by atomic mass is 10.2. The van der Waals surface area contributed by atoms with Crippen molar-refractivity contribution < 1.29 is 14.3 Å². The second-order valence-electron chi connectivity index (χ2n) is 7.02. The van der Waals surface area contributed by atoms with Crippen molar-refractivity contribution in [3.8, 4) is 5.75 Å². The maximum atomic E-state index is 12.5. The molecule has 24 heavy (non-hydrogen) atoms. The summed E-state index contributed by atoms with van der Waals surface area (Å²) in [6.45, 7) is 0.856. The Balaban J connectivity index is 1.86. The van der Waals surface area contributed by atoms with E-state index in [4.69, 9.17) is 4.74 Å². The highest BCUT2D eigenvalue weighted by Gasteiger charge is 2.16. The van der Waals surface area contributed by atoms with Gasteiger partial charge in [-0.25, -0.2) is 0 Å². The topological polar surface area (TPSA) is 46.5 Å². The van der Waals surface area contributed by atoms with E-state index in [1.807, 2.05) is 57.5 Å². The molecule has 0 radical (unpaired) electrons. The Hall–Kier alpha value is -1.95. The molecular formula is C19H22NO3S+. The summed E-state index contributed by atoms with van der Waals surface area (Å²) in [6, 6.07) is 13.1. The van der Waals surface area contributed by atoms with Crippen LogP contribution in [0, 0.1) is 0 Å². The number of rotatable bonds is 5. The number of aliphatic hydroxyl groups excluding tert-OH is 1. The van der Waals surface area contributed by atoms with Crippen LogP contribution in [0.2, 0.25) is 0 Å². The van der Waals surface area contributed by atoms with Crippen LogP contribution < -0.4 is 10.2 Å². The third-order valence-electron chi connectivity index (χ3n) is 3.75. The number of nitrogens with zero attached hydrogens (tertiary/aromatic N) is 1. The molecule has 1 N–H and O–H groups in total. The van der Waals surface area contributed by atoms with Crippen molar-refractivity contribution in [2.75, 3.05) is 34.3 Å². The van der Waals surface area contributed by atoms with Crippen molar-refractivity contribution in [1.82, 2.24) is 0 Å². The first kappa shape index (κ1) is 16.9. The Bertz CT molecular complexity index is 927. The Morgan fingerprint density at radius 2 is 1.79 bits per heavy atom. The van der Waals surface area contributed by atoms with Crippen molar-refractivity contribution in [3.63, 3.8) is 0 Å². The van der Waals surface area contributed by atoms with Gasteiger partial charge in [0, 0.05) is 20.2 Å². The van der Waals surface area contributed by atoms with Crippen LogP contribution in [0.5, 0.6) is 5.75 Å². The summed E-state index contributed by atoms with van der Waals surface area (Å²) >= 11 is 1.58. The van der Waals surface area contributed by atoms with E-state index >= 15 is 0 Å². The molecule has 3 aromatic rings. The van der Waals surface area contributed by atoms with Crippen molar-refractivity contribution in [1.29, 1.82) is 0 Å². The van der Waals surface area contributed by atoms with Gasteiger partial charge in [-0.05, 0) is 30.3 Å². The molecule has 1 atom stereocenters. The highest BCUT2D eigenvalue weighted by atomic mass is 32.1. The lowest BCUT2D eigenvalue weighted by molar-refractivity contribution is -0.873. The molecule has 0 saturated heterocycles. The van der Waals surface area contributed by atoms with Gasteiger partial charge in [0.1, 0.15) is 25.0 Å². The van der Waals surface area contributed by atoms with E-state index in [1.165, 1.54) is 0 Å². The molecule has 0 aliphatic rings. The van der Waals surface area contributed by atoms with E-state index in [2.05, 4.69) is 0 Å². The summed E-state index contributed by atoms with van der Waals surface area (Å²) in [5, 5.41) is 11.5. The highest BCUT2D eigenvalue weighted by molar-refractivity contribution is 7.24. The molecular weight excluding hydrogens is 322 g/mol. The Morgan fingerprint density at radius 3 is 2.54 bits per heavy atom. The first-order valence-corrected chi connectivity index (χ1v) is 8.72. The van der Waals surface area contributed by atoms with Gasteiger partial charge in [0.2, 0.25) is 0 Å². The maximum absolute atomic E-state index is 12.5. The molecule has 1 unspecified atom stereocenters. The number of hydrogen-bond donors (Lipinski definition) is 1. The molecule has 1 heterocycles. The average Bonchev–Trinajstić information content (AvgIpc) is 2.51. The second-order valence-corrected chi connectivity index (χ2v) is 8.11. The fourth-order valence-electron chi connectivity index (χ4n) is 2.75. The van der Waals surface area contributed by atoms with E-state index in [0.29, 0.717) is 22.2 Å². The van der Waals surface area contributed by atoms with Crippen molar-refractivity contribution >= 4 is 31.5 Å². The molecule has 0 spiro atoms. The van der Waals surface area contributed by atoms with Crippen molar-refractivity contribution in [2.24, 2.45) is 0 Å². The Labute approximate surface area is 145 Å². The lowest BCUT2D eigenvalue weighted by Gasteiger charge is -2.26. The van der Waals surface area contributed by atoms with E-state index in [0.717, 1.165) is 14.8 Å².